The van der Waals surface area contributed by atoms with E-state index in [1.807, 2.05) is 24.3 Å². The molecule has 0 aliphatic carbocycles. The van der Waals surface area contributed by atoms with Gasteiger partial charge in [-0.2, -0.15) is 0 Å². The molecule has 4 aromatic rings. The van der Waals surface area contributed by atoms with Crippen molar-refractivity contribution in [2.24, 2.45) is 0 Å². The van der Waals surface area contributed by atoms with Crippen LogP contribution in [0, 0.1) is 5.82 Å². The number of nitrogens with zero attached hydrogens (tertiary/aromatic N) is 1. The lowest BCUT2D eigenvalue weighted by Gasteiger charge is -2.09. The highest BCUT2D eigenvalue weighted by atomic mass is 35.5. The van der Waals surface area contributed by atoms with E-state index in [0.717, 1.165) is 17.3 Å². The quantitative estimate of drug-likeness (QED) is 0.479. The molecule has 0 atom stereocenters. The van der Waals surface area contributed by atoms with E-state index in [4.69, 9.17) is 11.6 Å². The number of aromatic amines is 1. The molecule has 0 saturated heterocycles. The molecule has 0 spiro atoms. The summed E-state index contributed by atoms with van der Waals surface area (Å²) in [6, 6.07) is 15.5. The van der Waals surface area contributed by atoms with Gasteiger partial charge in [-0.3, -0.25) is 4.79 Å². The number of aromatic nitrogens is 2. The number of para-hydroxylation sites is 2. The van der Waals surface area contributed by atoms with Crippen molar-refractivity contribution in [1.29, 1.82) is 0 Å². The summed E-state index contributed by atoms with van der Waals surface area (Å²) < 4.78 is 37.8. The number of rotatable bonds is 4. The SMILES string of the molecule is CS(=O)(=O)c1ccc(C(=O)Nc2ccc(-c3nc4ccccc4[nH]3)cc2F)c(Cl)c1. The van der Waals surface area contributed by atoms with Crippen molar-refractivity contribution in [2.75, 3.05) is 11.6 Å². The minimum Gasteiger partial charge on any atom is -0.338 e. The Hall–Kier alpha value is -3.23. The van der Waals surface area contributed by atoms with Crippen LogP contribution in [0.25, 0.3) is 22.4 Å². The number of benzene rings is 3. The molecule has 30 heavy (non-hydrogen) atoms. The standard InChI is InChI=1S/C21H15ClFN3O3S/c1-30(28,29)13-7-8-14(15(22)11-13)21(27)26-17-9-6-12(10-16(17)23)20-24-18-4-2-3-5-19(18)25-20/h2-11H,1H3,(H,24,25)(H,26,27). The summed E-state index contributed by atoms with van der Waals surface area (Å²) in [5, 5.41) is 2.41. The average Bonchev–Trinajstić information content (AvgIpc) is 3.13. The maximum Gasteiger partial charge on any atom is 0.257 e. The van der Waals surface area contributed by atoms with E-state index in [-0.39, 0.29) is 21.2 Å². The fourth-order valence-electron chi connectivity index (χ4n) is 2.95. The maximum atomic E-state index is 14.6. The molecule has 0 radical (unpaired) electrons. The van der Waals surface area contributed by atoms with Gasteiger partial charge in [-0.1, -0.05) is 23.7 Å². The number of hydrogen-bond acceptors (Lipinski definition) is 4. The third-order valence-corrected chi connectivity index (χ3v) is 5.92. The summed E-state index contributed by atoms with van der Waals surface area (Å²) in [5.74, 6) is -0.798. The van der Waals surface area contributed by atoms with E-state index in [1.54, 1.807) is 6.07 Å². The number of sulfone groups is 1. The molecule has 2 N–H and O–H groups in total. The minimum absolute atomic E-state index is 0.00887. The second kappa shape index (κ2) is 7.55. The Morgan fingerprint density at radius 3 is 2.53 bits per heavy atom. The maximum absolute atomic E-state index is 14.6. The number of carbonyl (C=O) groups excluding carboxylic acids is 1. The largest absolute Gasteiger partial charge is 0.338 e. The molecule has 0 bridgehead atoms. The van der Waals surface area contributed by atoms with Gasteiger partial charge in [0.25, 0.3) is 5.91 Å². The number of hydrogen-bond donors (Lipinski definition) is 2. The smallest absolute Gasteiger partial charge is 0.257 e. The van der Waals surface area contributed by atoms with Crippen LogP contribution in [0.3, 0.4) is 0 Å². The normalized spacial score (nSPS) is 11.6. The number of H-pyrrole nitrogens is 1. The predicted molar refractivity (Wildman–Crippen MR) is 114 cm³/mol. The Morgan fingerprint density at radius 2 is 1.87 bits per heavy atom. The van der Waals surface area contributed by atoms with Crippen LogP contribution in [0.1, 0.15) is 10.4 Å². The van der Waals surface area contributed by atoms with Crippen molar-refractivity contribution >= 4 is 44.1 Å². The van der Waals surface area contributed by atoms with Gasteiger partial charge in [0.15, 0.2) is 9.84 Å². The van der Waals surface area contributed by atoms with Crippen molar-refractivity contribution in [1.82, 2.24) is 9.97 Å². The first-order valence-electron chi connectivity index (χ1n) is 8.78. The van der Waals surface area contributed by atoms with Crippen molar-refractivity contribution in [3.63, 3.8) is 0 Å². The van der Waals surface area contributed by atoms with Crippen LogP contribution < -0.4 is 5.32 Å². The van der Waals surface area contributed by atoms with Crippen LogP contribution >= 0.6 is 11.6 Å². The lowest BCUT2D eigenvalue weighted by Crippen LogP contribution is -2.14. The molecule has 0 unspecified atom stereocenters. The van der Waals surface area contributed by atoms with Crippen LogP contribution in [0.15, 0.2) is 65.6 Å². The van der Waals surface area contributed by atoms with E-state index >= 15 is 0 Å². The van der Waals surface area contributed by atoms with E-state index in [9.17, 15) is 17.6 Å². The lowest BCUT2D eigenvalue weighted by molar-refractivity contribution is 0.102. The van der Waals surface area contributed by atoms with Gasteiger partial charge in [-0.15, -0.1) is 0 Å². The van der Waals surface area contributed by atoms with Crippen molar-refractivity contribution in [3.05, 3.63) is 77.1 Å². The van der Waals surface area contributed by atoms with Crippen LogP contribution in [-0.4, -0.2) is 30.5 Å². The topological polar surface area (TPSA) is 91.9 Å². The highest BCUT2D eigenvalue weighted by molar-refractivity contribution is 7.90. The van der Waals surface area contributed by atoms with Gasteiger partial charge in [-0.25, -0.2) is 17.8 Å². The molecule has 1 heterocycles. The van der Waals surface area contributed by atoms with Crippen LogP contribution in [0.4, 0.5) is 10.1 Å². The number of carbonyl (C=O) groups is 1. The first kappa shape index (κ1) is 20.1. The molecular weight excluding hydrogens is 429 g/mol. The first-order chi connectivity index (χ1) is 14.2. The summed E-state index contributed by atoms with van der Waals surface area (Å²) in [4.78, 5) is 20.0. The lowest BCUT2D eigenvalue weighted by atomic mass is 10.1. The van der Waals surface area contributed by atoms with Crippen LogP contribution in [0.5, 0.6) is 0 Å². The van der Waals surface area contributed by atoms with E-state index in [1.165, 1.54) is 30.3 Å². The molecular formula is C21H15ClFN3O3S. The predicted octanol–water partition coefficient (Wildman–Crippen LogP) is 4.68. The number of fused-ring (bicyclic) bond motifs is 1. The fraction of sp³-hybridized carbons (Fsp3) is 0.0476. The monoisotopic (exact) mass is 443 g/mol. The second-order valence-corrected chi connectivity index (χ2v) is 9.09. The van der Waals surface area contributed by atoms with E-state index < -0.39 is 21.6 Å². The van der Waals surface area contributed by atoms with E-state index in [2.05, 4.69) is 15.3 Å². The molecule has 0 saturated carbocycles. The van der Waals surface area contributed by atoms with Gasteiger partial charge in [-0.05, 0) is 48.5 Å². The Kier molecular flexibility index (Phi) is 5.05. The van der Waals surface area contributed by atoms with Gasteiger partial charge in [0.2, 0.25) is 0 Å². The summed E-state index contributed by atoms with van der Waals surface area (Å²) in [5.41, 5.74) is 2.11. The van der Waals surface area contributed by atoms with Gasteiger partial charge < -0.3 is 10.3 Å². The highest BCUT2D eigenvalue weighted by Gasteiger charge is 2.17. The third-order valence-electron chi connectivity index (χ3n) is 4.49. The van der Waals surface area contributed by atoms with Crippen LogP contribution in [-0.2, 0) is 9.84 Å². The van der Waals surface area contributed by atoms with Crippen molar-refractivity contribution < 1.29 is 17.6 Å². The number of halogens is 2. The average molecular weight is 444 g/mol. The number of imidazole rings is 1. The summed E-state index contributed by atoms with van der Waals surface area (Å²) in [6.07, 6.45) is 1.04. The second-order valence-electron chi connectivity index (χ2n) is 6.67. The van der Waals surface area contributed by atoms with Crippen molar-refractivity contribution in [3.8, 4) is 11.4 Å². The third kappa shape index (κ3) is 3.92. The van der Waals surface area contributed by atoms with E-state index in [0.29, 0.717) is 11.4 Å². The molecule has 152 valence electrons. The highest BCUT2D eigenvalue weighted by Crippen LogP contribution is 2.26. The Balaban J connectivity index is 1.59. The first-order valence-corrected chi connectivity index (χ1v) is 11.0. The van der Waals surface area contributed by atoms with Gasteiger partial charge >= 0.3 is 0 Å². The Labute approximate surface area is 176 Å². The fourth-order valence-corrected chi connectivity index (χ4v) is 3.93. The van der Waals surface area contributed by atoms with Crippen LogP contribution in [0.2, 0.25) is 5.02 Å². The van der Waals surface area contributed by atoms with Gasteiger partial charge in [0.1, 0.15) is 11.6 Å². The molecule has 1 aromatic heterocycles. The summed E-state index contributed by atoms with van der Waals surface area (Å²) in [7, 11) is -3.46. The number of nitrogens with one attached hydrogen (secondary N) is 2. The summed E-state index contributed by atoms with van der Waals surface area (Å²) >= 11 is 6.05. The molecule has 6 nitrogen and oxygen atoms in total. The zero-order chi connectivity index (χ0) is 21.5. The molecule has 3 aromatic carbocycles. The number of amides is 1. The van der Waals surface area contributed by atoms with Gasteiger partial charge in [0.05, 0.1) is 32.2 Å². The molecule has 4 rings (SSSR count). The van der Waals surface area contributed by atoms with Crippen molar-refractivity contribution in [2.45, 2.75) is 4.90 Å². The zero-order valence-electron chi connectivity index (χ0n) is 15.6. The molecule has 0 aliphatic rings. The number of anilines is 1. The molecule has 0 aliphatic heterocycles. The molecule has 0 fully saturated rings. The van der Waals surface area contributed by atoms with Gasteiger partial charge in [0, 0.05) is 11.8 Å². The minimum atomic E-state index is -3.46. The Morgan fingerprint density at radius 1 is 1.10 bits per heavy atom. The zero-order valence-corrected chi connectivity index (χ0v) is 17.2. The summed E-state index contributed by atoms with van der Waals surface area (Å²) in [6.45, 7) is 0. The molecule has 9 heteroatoms. The Bertz CT molecular complexity index is 1370. The molecule has 1 amide bonds.